The lowest BCUT2D eigenvalue weighted by Gasteiger charge is -2.26. The fraction of sp³-hybridized carbons (Fsp3) is 0.0625. The molecule has 4 aromatic carbocycles. The molecular weight excluding hydrogens is 686 g/mol. The van der Waals surface area contributed by atoms with Crippen molar-refractivity contribution >= 4 is 85.4 Å². The van der Waals surface area contributed by atoms with Gasteiger partial charge in [-0.3, -0.25) is 0 Å². The third kappa shape index (κ3) is 5.90. The molecule has 12 heteroatoms. The number of benzene rings is 4. The van der Waals surface area contributed by atoms with Gasteiger partial charge in [-0.25, -0.2) is 4.79 Å². The Balaban J connectivity index is 1.24. The quantitative estimate of drug-likeness (QED) is 0.140. The third-order valence-electron chi connectivity index (χ3n) is 6.86. The van der Waals surface area contributed by atoms with Gasteiger partial charge in [-0.2, -0.15) is 5.26 Å². The lowest BCUT2D eigenvalue weighted by molar-refractivity contribution is 0.0740. The first-order valence-electron chi connectivity index (χ1n) is 12.8. The molecule has 6 rings (SSSR count). The van der Waals surface area contributed by atoms with E-state index in [1.54, 1.807) is 60.7 Å². The first-order chi connectivity index (χ1) is 21.1. The van der Waals surface area contributed by atoms with Crippen molar-refractivity contribution in [2.24, 2.45) is 5.73 Å². The number of nitrogens with zero attached hydrogens (tertiary/aromatic N) is 1. The van der Waals surface area contributed by atoms with Crippen molar-refractivity contribution < 1.29 is 19.0 Å². The molecule has 1 aliphatic rings. The molecule has 0 radical (unpaired) electrons. The van der Waals surface area contributed by atoms with Gasteiger partial charge in [0.2, 0.25) is 5.88 Å². The summed E-state index contributed by atoms with van der Waals surface area (Å²) in [6.07, 6.45) is 0. The Hall–Kier alpha value is -3.61. The number of carbonyl (C=O) groups is 1. The van der Waals surface area contributed by atoms with E-state index < -0.39 is 11.9 Å². The van der Waals surface area contributed by atoms with Crippen LogP contribution >= 0.6 is 69.3 Å². The second-order valence-corrected chi connectivity index (χ2v) is 12.7. The molecule has 0 spiro atoms. The van der Waals surface area contributed by atoms with E-state index in [1.807, 2.05) is 12.1 Å². The van der Waals surface area contributed by atoms with Crippen LogP contribution in [0.3, 0.4) is 0 Å². The summed E-state index contributed by atoms with van der Waals surface area (Å²) in [6.45, 7) is 0.251. The molecule has 2 N–H and O–H groups in total. The fourth-order valence-electron chi connectivity index (χ4n) is 4.79. The summed E-state index contributed by atoms with van der Waals surface area (Å²) in [5.74, 6) is -0.113. The minimum absolute atomic E-state index is 0.0507. The van der Waals surface area contributed by atoms with Crippen molar-refractivity contribution in [1.29, 1.82) is 5.26 Å². The van der Waals surface area contributed by atoms with Crippen LogP contribution in [0, 0.1) is 11.3 Å². The predicted molar refractivity (Wildman–Crippen MR) is 175 cm³/mol. The molecule has 1 aromatic heterocycles. The highest BCUT2D eigenvalue weighted by molar-refractivity contribution is 7.21. The Bertz CT molecular complexity index is 2040. The summed E-state index contributed by atoms with van der Waals surface area (Å²) < 4.78 is 18.0. The van der Waals surface area contributed by atoms with Crippen molar-refractivity contribution in [3.05, 3.63) is 131 Å². The maximum Gasteiger partial charge on any atom is 0.355 e. The normalized spacial score (nSPS) is 14.1. The van der Waals surface area contributed by atoms with E-state index in [9.17, 15) is 10.1 Å². The number of rotatable bonds is 6. The third-order valence-corrected chi connectivity index (χ3v) is 9.57. The summed E-state index contributed by atoms with van der Waals surface area (Å²) in [7, 11) is 0. The number of fused-ring (bicyclic) bond motifs is 2. The Kier molecular flexibility index (Phi) is 8.58. The van der Waals surface area contributed by atoms with Gasteiger partial charge < -0.3 is 19.9 Å². The molecule has 5 aromatic rings. The van der Waals surface area contributed by atoms with Crippen LogP contribution in [0.4, 0.5) is 0 Å². The van der Waals surface area contributed by atoms with Crippen LogP contribution in [-0.2, 0) is 6.61 Å². The molecule has 0 bridgehead atoms. The van der Waals surface area contributed by atoms with Crippen LogP contribution in [-0.4, -0.2) is 5.97 Å². The van der Waals surface area contributed by atoms with Gasteiger partial charge in [0.25, 0.3) is 0 Å². The van der Waals surface area contributed by atoms with Gasteiger partial charge in [-0.15, -0.1) is 11.3 Å². The maximum absolute atomic E-state index is 13.1. The van der Waals surface area contributed by atoms with Crippen LogP contribution in [0.25, 0.3) is 10.1 Å². The van der Waals surface area contributed by atoms with Gasteiger partial charge >= 0.3 is 5.97 Å². The van der Waals surface area contributed by atoms with Crippen molar-refractivity contribution in [2.75, 3.05) is 0 Å². The predicted octanol–water partition coefficient (Wildman–Crippen LogP) is 10.2. The number of hydrogen-bond donors (Lipinski definition) is 1. The zero-order valence-corrected chi connectivity index (χ0v) is 26.8. The SMILES string of the molecule is N#CC1=C(N)Oc2cc(OC(=O)c3sc4cc(Cl)cc(Cl)c4c3Cl)ccc2C1c1ccc(OCc2ccc(Cl)cc2Cl)cc1. The minimum Gasteiger partial charge on any atom is -0.489 e. The second kappa shape index (κ2) is 12.4. The van der Waals surface area contributed by atoms with Crippen LogP contribution in [0.15, 0.2) is 84.3 Å². The van der Waals surface area contributed by atoms with E-state index in [-0.39, 0.29) is 33.7 Å². The van der Waals surface area contributed by atoms with Gasteiger partial charge in [0.05, 0.1) is 16.0 Å². The van der Waals surface area contributed by atoms with Crippen molar-refractivity contribution in [2.45, 2.75) is 12.5 Å². The number of carbonyl (C=O) groups excluding carboxylic acids is 1. The van der Waals surface area contributed by atoms with Gasteiger partial charge in [-0.1, -0.05) is 82.3 Å². The zero-order chi connectivity index (χ0) is 31.1. The standard InChI is InChI=1S/C32H17Cl5N2O4S/c33-17-4-1-16(23(35)9-17)14-41-19-5-2-15(3-6-19)27-21-8-7-20(12-25(21)43-31(39)22(27)13-38)42-32(40)30-29(37)28-24(36)10-18(34)11-26(28)44-30/h1-12,27H,14,39H2. The Morgan fingerprint density at radius 2 is 1.64 bits per heavy atom. The summed E-state index contributed by atoms with van der Waals surface area (Å²) in [6, 6.07) is 22.8. The maximum atomic E-state index is 13.1. The first-order valence-corrected chi connectivity index (χ1v) is 15.5. The lowest BCUT2D eigenvalue weighted by atomic mass is 9.83. The molecule has 0 fully saturated rings. The molecule has 1 aliphatic heterocycles. The molecule has 0 saturated heterocycles. The van der Waals surface area contributed by atoms with Crippen molar-refractivity contribution in [1.82, 2.24) is 0 Å². The number of halogens is 5. The smallest absolute Gasteiger partial charge is 0.355 e. The van der Waals surface area contributed by atoms with Gasteiger partial charge in [0.15, 0.2) is 0 Å². The highest BCUT2D eigenvalue weighted by Gasteiger charge is 2.31. The minimum atomic E-state index is -0.674. The highest BCUT2D eigenvalue weighted by atomic mass is 35.5. The van der Waals surface area contributed by atoms with Crippen LogP contribution in [0.1, 0.15) is 32.3 Å². The van der Waals surface area contributed by atoms with E-state index in [0.717, 1.165) is 22.5 Å². The molecule has 2 heterocycles. The Labute approximate surface area is 280 Å². The average Bonchev–Trinajstić information content (AvgIpc) is 3.32. The molecular formula is C32H17Cl5N2O4S. The number of ether oxygens (including phenoxy) is 3. The van der Waals surface area contributed by atoms with Gasteiger partial charge in [-0.05, 0) is 48.0 Å². The van der Waals surface area contributed by atoms with E-state index in [0.29, 0.717) is 47.2 Å². The largest absolute Gasteiger partial charge is 0.489 e. The average molecular weight is 703 g/mol. The molecule has 0 saturated carbocycles. The lowest BCUT2D eigenvalue weighted by Crippen LogP contribution is -2.21. The number of esters is 1. The summed E-state index contributed by atoms with van der Waals surface area (Å²) >= 11 is 32.2. The molecule has 1 unspecified atom stereocenters. The number of allylic oxidation sites excluding steroid dienone is 1. The zero-order valence-electron chi connectivity index (χ0n) is 22.2. The Morgan fingerprint density at radius 3 is 2.36 bits per heavy atom. The fourth-order valence-corrected chi connectivity index (χ4v) is 7.50. The Morgan fingerprint density at radius 1 is 0.909 bits per heavy atom. The molecule has 0 amide bonds. The van der Waals surface area contributed by atoms with E-state index in [4.69, 9.17) is 77.9 Å². The molecule has 1 atom stereocenters. The second-order valence-electron chi connectivity index (χ2n) is 9.61. The number of thiophene rings is 1. The first kappa shape index (κ1) is 30.4. The molecule has 44 heavy (non-hydrogen) atoms. The molecule has 0 aliphatic carbocycles. The van der Waals surface area contributed by atoms with Crippen LogP contribution < -0.4 is 19.9 Å². The van der Waals surface area contributed by atoms with Crippen molar-refractivity contribution in [3.8, 4) is 23.3 Å². The van der Waals surface area contributed by atoms with Gasteiger partial charge in [0.1, 0.15) is 40.4 Å². The molecule has 6 nitrogen and oxygen atoms in total. The summed E-state index contributed by atoms with van der Waals surface area (Å²) in [5.41, 5.74) is 8.66. The van der Waals surface area contributed by atoms with E-state index >= 15 is 0 Å². The topological polar surface area (TPSA) is 94.6 Å². The monoisotopic (exact) mass is 700 g/mol. The van der Waals surface area contributed by atoms with E-state index in [2.05, 4.69) is 6.07 Å². The van der Waals surface area contributed by atoms with Crippen LogP contribution in [0.5, 0.6) is 17.2 Å². The summed E-state index contributed by atoms with van der Waals surface area (Å²) in [5, 5.41) is 12.5. The van der Waals surface area contributed by atoms with Crippen LogP contribution in [0.2, 0.25) is 25.1 Å². The molecule has 220 valence electrons. The van der Waals surface area contributed by atoms with Crippen molar-refractivity contribution in [3.63, 3.8) is 0 Å². The number of nitrogens with two attached hydrogens (primary N) is 1. The van der Waals surface area contributed by atoms with E-state index in [1.165, 1.54) is 0 Å². The highest BCUT2D eigenvalue weighted by Crippen LogP contribution is 2.45. The van der Waals surface area contributed by atoms with Gasteiger partial charge in [0, 0.05) is 42.3 Å². The number of nitriles is 1. The number of hydrogen-bond acceptors (Lipinski definition) is 7. The summed E-state index contributed by atoms with van der Waals surface area (Å²) in [4.78, 5) is 13.3.